The van der Waals surface area contributed by atoms with Crippen LogP contribution in [0, 0.1) is 0 Å². The van der Waals surface area contributed by atoms with Crippen molar-refractivity contribution in [2.45, 2.75) is 38.1 Å². The molecule has 0 spiro atoms. The Bertz CT molecular complexity index is 740. The van der Waals surface area contributed by atoms with Gasteiger partial charge in [0.2, 0.25) is 5.91 Å². The minimum Gasteiger partial charge on any atom is -0.374 e. The van der Waals surface area contributed by atoms with Gasteiger partial charge in [-0.2, -0.15) is 0 Å². The van der Waals surface area contributed by atoms with Crippen molar-refractivity contribution in [1.82, 2.24) is 5.32 Å². The molecule has 5 nitrogen and oxygen atoms in total. The van der Waals surface area contributed by atoms with E-state index in [-0.39, 0.29) is 18.4 Å². The molecular formula is C21H25N3O2. The van der Waals surface area contributed by atoms with E-state index in [2.05, 4.69) is 16.0 Å². The predicted octanol–water partition coefficient (Wildman–Crippen LogP) is 3.80. The van der Waals surface area contributed by atoms with Gasteiger partial charge in [0.05, 0.1) is 17.9 Å². The Morgan fingerprint density at radius 1 is 0.846 bits per heavy atom. The normalized spacial score (nSPS) is 14.5. The maximum absolute atomic E-state index is 12.3. The predicted molar refractivity (Wildman–Crippen MR) is 104 cm³/mol. The SMILES string of the molecule is O=C(CNc1ccccc1NC(=O)c1ccccc1)NC1CCCCC1. The Morgan fingerprint density at radius 3 is 2.23 bits per heavy atom. The number of amides is 2. The summed E-state index contributed by atoms with van der Waals surface area (Å²) in [5.41, 5.74) is 1.99. The zero-order valence-electron chi connectivity index (χ0n) is 14.8. The van der Waals surface area contributed by atoms with E-state index in [4.69, 9.17) is 0 Å². The minimum absolute atomic E-state index is 0.0129. The first kappa shape index (κ1) is 18.0. The summed E-state index contributed by atoms with van der Waals surface area (Å²) in [5, 5.41) is 9.12. The average molecular weight is 351 g/mol. The molecule has 0 radical (unpaired) electrons. The van der Waals surface area contributed by atoms with Crippen molar-refractivity contribution in [3.05, 3.63) is 60.2 Å². The molecule has 0 heterocycles. The van der Waals surface area contributed by atoms with Crippen molar-refractivity contribution in [3.8, 4) is 0 Å². The molecule has 1 fully saturated rings. The molecule has 0 unspecified atom stereocenters. The third-order valence-corrected chi connectivity index (χ3v) is 4.62. The molecule has 136 valence electrons. The van der Waals surface area contributed by atoms with Crippen molar-refractivity contribution in [2.24, 2.45) is 0 Å². The van der Waals surface area contributed by atoms with Crippen LogP contribution < -0.4 is 16.0 Å². The van der Waals surface area contributed by atoms with E-state index in [1.165, 1.54) is 19.3 Å². The van der Waals surface area contributed by atoms with Crippen molar-refractivity contribution < 1.29 is 9.59 Å². The Hall–Kier alpha value is -2.82. The van der Waals surface area contributed by atoms with Gasteiger partial charge < -0.3 is 16.0 Å². The fourth-order valence-corrected chi connectivity index (χ4v) is 3.23. The maximum Gasteiger partial charge on any atom is 0.255 e. The molecule has 1 aliphatic carbocycles. The summed E-state index contributed by atoms with van der Waals surface area (Å²) in [6.45, 7) is 0.189. The number of rotatable bonds is 6. The largest absolute Gasteiger partial charge is 0.374 e. The first-order valence-electron chi connectivity index (χ1n) is 9.21. The molecular weight excluding hydrogens is 326 g/mol. The lowest BCUT2D eigenvalue weighted by Crippen LogP contribution is -2.39. The molecule has 2 amide bonds. The molecule has 0 saturated heterocycles. The summed E-state index contributed by atoms with van der Waals surface area (Å²) in [5.74, 6) is -0.187. The fourth-order valence-electron chi connectivity index (χ4n) is 3.23. The van der Waals surface area contributed by atoms with Crippen LogP contribution in [0.1, 0.15) is 42.5 Å². The molecule has 1 aliphatic rings. The summed E-state index contributed by atoms with van der Waals surface area (Å²) in [6.07, 6.45) is 5.77. The van der Waals surface area contributed by atoms with E-state index < -0.39 is 0 Å². The second-order valence-corrected chi connectivity index (χ2v) is 6.62. The Morgan fingerprint density at radius 2 is 1.50 bits per heavy atom. The van der Waals surface area contributed by atoms with Crippen LogP contribution in [-0.2, 0) is 4.79 Å². The van der Waals surface area contributed by atoms with Crippen molar-refractivity contribution in [2.75, 3.05) is 17.2 Å². The molecule has 5 heteroatoms. The molecule has 2 aromatic rings. The smallest absolute Gasteiger partial charge is 0.255 e. The van der Waals surface area contributed by atoms with E-state index in [9.17, 15) is 9.59 Å². The van der Waals surface area contributed by atoms with Crippen molar-refractivity contribution in [3.63, 3.8) is 0 Å². The first-order valence-corrected chi connectivity index (χ1v) is 9.21. The van der Waals surface area contributed by atoms with Gasteiger partial charge in [0.15, 0.2) is 0 Å². The quantitative estimate of drug-likeness (QED) is 0.741. The van der Waals surface area contributed by atoms with Crippen LogP contribution in [0.3, 0.4) is 0 Å². The lowest BCUT2D eigenvalue weighted by Gasteiger charge is -2.23. The summed E-state index contributed by atoms with van der Waals surface area (Å²) >= 11 is 0. The van der Waals surface area contributed by atoms with Gasteiger partial charge in [-0.25, -0.2) is 0 Å². The summed E-state index contributed by atoms with van der Waals surface area (Å²) in [4.78, 5) is 24.5. The zero-order valence-corrected chi connectivity index (χ0v) is 14.8. The molecule has 0 aliphatic heterocycles. The third-order valence-electron chi connectivity index (χ3n) is 4.62. The van der Waals surface area contributed by atoms with Crippen LogP contribution in [0.4, 0.5) is 11.4 Å². The maximum atomic E-state index is 12.3. The molecule has 0 bridgehead atoms. The highest BCUT2D eigenvalue weighted by molar-refractivity contribution is 6.06. The van der Waals surface area contributed by atoms with Gasteiger partial charge in [0, 0.05) is 11.6 Å². The highest BCUT2D eigenvalue weighted by Gasteiger charge is 2.16. The molecule has 2 aromatic carbocycles. The summed E-state index contributed by atoms with van der Waals surface area (Å²) in [7, 11) is 0. The number of carbonyl (C=O) groups excluding carboxylic acids is 2. The lowest BCUT2D eigenvalue weighted by atomic mass is 9.95. The number of anilines is 2. The standard InChI is InChI=1S/C21H25N3O2/c25-20(23-17-11-5-2-6-12-17)15-22-18-13-7-8-14-19(18)24-21(26)16-9-3-1-4-10-16/h1,3-4,7-10,13-14,17,22H,2,5-6,11-12,15H2,(H,23,25)(H,24,26). The van der Waals surface area contributed by atoms with Crippen LogP contribution in [0.25, 0.3) is 0 Å². The average Bonchev–Trinajstić information content (AvgIpc) is 2.69. The molecule has 0 aromatic heterocycles. The molecule has 0 atom stereocenters. The number of hydrogen-bond acceptors (Lipinski definition) is 3. The van der Waals surface area contributed by atoms with E-state index in [1.807, 2.05) is 42.5 Å². The number of para-hydroxylation sites is 2. The number of carbonyl (C=O) groups is 2. The second kappa shape index (κ2) is 9.04. The number of benzene rings is 2. The van der Waals surface area contributed by atoms with Crippen molar-refractivity contribution >= 4 is 23.2 Å². The Labute approximate surface area is 154 Å². The van der Waals surface area contributed by atoms with Crippen LogP contribution in [0.15, 0.2) is 54.6 Å². The van der Waals surface area contributed by atoms with Crippen LogP contribution >= 0.6 is 0 Å². The van der Waals surface area contributed by atoms with Crippen LogP contribution in [-0.4, -0.2) is 24.4 Å². The molecule has 26 heavy (non-hydrogen) atoms. The van der Waals surface area contributed by atoms with E-state index in [0.29, 0.717) is 17.3 Å². The van der Waals surface area contributed by atoms with E-state index in [0.717, 1.165) is 18.5 Å². The van der Waals surface area contributed by atoms with E-state index in [1.54, 1.807) is 12.1 Å². The third kappa shape index (κ3) is 5.09. The first-order chi connectivity index (χ1) is 12.7. The van der Waals surface area contributed by atoms with Crippen LogP contribution in [0.2, 0.25) is 0 Å². The molecule has 3 rings (SSSR count). The van der Waals surface area contributed by atoms with Gasteiger partial charge in [-0.15, -0.1) is 0 Å². The van der Waals surface area contributed by atoms with Crippen molar-refractivity contribution in [1.29, 1.82) is 0 Å². The number of hydrogen-bond donors (Lipinski definition) is 3. The minimum atomic E-state index is -0.175. The van der Waals surface area contributed by atoms with E-state index >= 15 is 0 Å². The topological polar surface area (TPSA) is 70.2 Å². The highest BCUT2D eigenvalue weighted by atomic mass is 16.2. The summed E-state index contributed by atoms with van der Waals surface area (Å²) in [6, 6.07) is 16.8. The highest BCUT2D eigenvalue weighted by Crippen LogP contribution is 2.22. The zero-order chi connectivity index (χ0) is 18.2. The van der Waals surface area contributed by atoms with Gasteiger partial charge in [0.25, 0.3) is 5.91 Å². The second-order valence-electron chi connectivity index (χ2n) is 6.62. The van der Waals surface area contributed by atoms with Crippen LogP contribution in [0.5, 0.6) is 0 Å². The number of nitrogens with one attached hydrogen (secondary N) is 3. The van der Waals surface area contributed by atoms with Gasteiger partial charge in [-0.3, -0.25) is 9.59 Å². The fraction of sp³-hybridized carbons (Fsp3) is 0.333. The van der Waals surface area contributed by atoms with Gasteiger partial charge in [-0.1, -0.05) is 49.6 Å². The monoisotopic (exact) mass is 351 g/mol. The van der Waals surface area contributed by atoms with Gasteiger partial charge in [-0.05, 0) is 37.1 Å². The molecule has 3 N–H and O–H groups in total. The lowest BCUT2D eigenvalue weighted by molar-refractivity contribution is -0.120. The molecule has 1 saturated carbocycles. The summed E-state index contributed by atoms with van der Waals surface area (Å²) < 4.78 is 0. The Balaban J connectivity index is 1.56. The van der Waals surface area contributed by atoms with Gasteiger partial charge in [0.1, 0.15) is 0 Å². The van der Waals surface area contributed by atoms with Gasteiger partial charge >= 0.3 is 0 Å². The Kier molecular flexibility index (Phi) is 6.25.